The van der Waals surface area contributed by atoms with Gasteiger partial charge in [-0.3, -0.25) is 5.41 Å². The molecule has 0 heterocycles. The first-order valence-electron chi connectivity index (χ1n) is 5.40. The van der Waals surface area contributed by atoms with Gasteiger partial charge in [0.2, 0.25) is 0 Å². The van der Waals surface area contributed by atoms with Gasteiger partial charge in [-0.15, -0.1) is 0 Å². The summed E-state index contributed by atoms with van der Waals surface area (Å²) in [6.07, 6.45) is 0.914. The Balaban J connectivity index is 2.86. The Hall–Kier alpha value is -1.26. The molecule has 0 bridgehead atoms. The summed E-state index contributed by atoms with van der Waals surface area (Å²) >= 11 is 5.96. The molecule has 0 aliphatic rings. The molecule has 17 heavy (non-hydrogen) atoms. The molecule has 0 atom stereocenters. The molecule has 0 unspecified atom stereocenters. The zero-order valence-corrected chi connectivity index (χ0v) is 10.9. The van der Waals surface area contributed by atoms with Gasteiger partial charge in [0.15, 0.2) is 0 Å². The van der Waals surface area contributed by atoms with Crippen molar-refractivity contribution in [1.82, 2.24) is 0 Å². The molecular formula is C12H18ClN3O. The first-order chi connectivity index (χ1) is 8.06. The third kappa shape index (κ3) is 3.91. The van der Waals surface area contributed by atoms with Gasteiger partial charge in [0.05, 0.1) is 0 Å². The molecule has 0 aliphatic carbocycles. The number of nitrogen functional groups attached to an aromatic ring is 1. The fourth-order valence-corrected chi connectivity index (χ4v) is 1.78. The maximum absolute atomic E-state index is 7.54. The van der Waals surface area contributed by atoms with Crippen LogP contribution < -0.4 is 10.6 Å². The van der Waals surface area contributed by atoms with Crippen LogP contribution in [0.5, 0.6) is 0 Å². The number of halogens is 1. The standard InChI is InChI=1S/C12H18ClN3O/c1-16(6-3-7-17-2)11-8-9(13)4-5-10(11)12(14)15/h4-5,8H,3,6-7H2,1-2H3,(H3,14,15). The third-order valence-corrected chi connectivity index (χ3v) is 2.74. The molecule has 0 aliphatic heterocycles. The molecule has 1 aromatic rings. The van der Waals surface area contributed by atoms with E-state index in [2.05, 4.69) is 0 Å². The van der Waals surface area contributed by atoms with E-state index in [1.807, 2.05) is 18.0 Å². The lowest BCUT2D eigenvalue weighted by molar-refractivity contribution is 0.196. The van der Waals surface area contributed by atoms with E-state index in [1.54, 1.807) is 19.2 Å². The normalized spacial score (nSPS) is 10.3. The fourth-order valence-electron chi connectivity index (χ4n) is 1.61. The molecule has 0 fully saturated rings. The lowest BCUT2D eigenvalue weighted by atomic mass is 10.1. The third-order valence-electron chi connectivity index (χ3n) is 2.50. The number of nitrogens with zero attached hydrogens (tertiary/aromatic N) is 1. The van der Waals surface area contributed by atoms with Crippen molar-refractivity contribution >= 4 is 23.1 Å². The highest BCUT2D eigenvalue weighted by Crippen LogP contribution is 2.23. The predicted molar refractivity (Wildman–Crippen MR) is 72.2 cm³/mol. The van der Waals surface area contributed by atoms with Crippen LogP contribution in [0.25, 0.3) is 0 Å². The Bertz CT molecular complexity index is 395. The first-order valence-corrected chi connectivity index (χ1v) is 5.78. The molecule has 5 heteroatoms. The summed E-state index contributed by atoms with van der Waals surface area (Å²) in [6.45, 7) is 1.54. The minimum Gasteiger partial charge on any atom is -0.385 e. The van der Waals surface area contributed by atoms with E-state index in [-0.39, 0.29) is 5.84 Å². The van der Waals surface area contributed by atoms with Gasteiger partial charge < -0.3 is 15.4 Å². The second-order valence-corrected chi connectivity index (χ2v) is 4.28. The molecule has 1 aromatic carbocycles. The monoisotopic (exact) mass is 255 g/mol. The summed E-state index contributed by atoms with van der Waals surface area (Å²) in [7, 11) is 3.63. The Kier molecular flexibility index (Phi) is 5.25. The van der Waals surface area contributed by atoms with Crippen LogP contribution in [0.2, 0.25) is 5.02 Å². The molecule has 0 spiro atoms. The lowest BCUT2D eigenvalue weighted by Gasteiger charge is -2.22. The van der Waals surface area contributed by atoms with Crippen LogP contribution in [-0.2, 0) is 4.74 Å². The van der Waals surface area contributed by atoms with Crippen molar-refractivity contribution in [3.63, 3.8) is 0 Å². The zero-order chi connectivity index (χ0) is 12.8. The molecule has 3 N–H and O–H groups in total. The van der Waals surface area contributed by atoms with Gasteiger partial charge in [0, 0.05) is 43.6 Å². The molecule has 0 saturated heterocycles. The van der Waals surface area contributed by atoms with E-state index >= 15 is 0 Å². The molecule has 1 rings (SSSR count). The van der Waals surface area contributed by atoms with Gasteiger partial charge in [-0.05, 0) is 24.6 Å². The van der Waals surface area contributed by atoms with Gasteiger partial charge in [0.1, 0.15) is 5.84 Å². The minimum atomic E-state index is 0.0512. The quantitative estimate of drug-likeness (QED) is 0.465. The maximum Gasteiger partial charge on any atom is 0.124 e. The highest BCUT2D eigenvalue weighted by atomic mass is 35.5. The maximum atomic E-state index is 7.54. The van der Waals surface area contributed by atoms with Gasteiger partial charge in [0.25, 0.3) is 0 Å². The van der Waals surface area contributed by atoms with Gasteiger partial charge in [-0.1, -0.05) is 11.6 Å². The average molecular weight is 256 g/mol. The summed E-state index contributed by atoms with van der Waals surface area (Å²) in [6, 6.07) is 5.34. The van der Waals surface area contributed by atoms with E-state index in [0.717, 1.165) is 18.7 Å². The second-order valence-electron chi connectivity index (χ2n) is 3.84. The van der Waals surface area contributed by atoms with Crippen molar-refractivity contribution in [2.24, 2.45) is 5.73 Å². The molecule has 0 amide bonds. The van der Waals surface area contributed by atoms with Crippen LogP contribution in [0.3, 0.4) is 0 Å². The largest absolute Gasteiger partial charge is 0.385 e. The number of hydrogen-bond acceptors (Lipinski definition) is 3. The second kappa shape index (κ2) is 6.47. The smallest absolute Gasteiger partial charge is 0.124 e. The highest BCUT2D eigenvalue weighted by Gasteiger charge is 2.10. The number of benzene rings is 1. The average Bonchev–Trinajstić information content (AvgIpc) is 2.28. The molecule has 0 aromatic heterocycles. The fraction of sp³-hybridized carbons (Fsp3) is 0.417. The van der Waals surface area contributed by atoms with Crippen molar-refractivity contribution in [3.05, 3.63) is 28.8 Å². The van der Waals surface area contributed by atoms with Crippen molar-refractivity contribution < 1.29 is 4.74 Å². The molecule has 0 radical (unpaired) electrons. The topological polar surface area (TPSA) is 62.3 Å². The molecular weight excluding hydrogens is 238 g/mol. The van der Waals surface area contributed by atoms with E-state index in [0.29, 0.717) is 17.2 Å². The number of anilines is 1. The number of nitrogens with one attached hydrogen (secondary N) is 1. The highest BCUT2D eigenvalue weighted by molar-refractivity contribution is 6.31. The summed E-state index contributed by atoms with van der Waals surface area (Å²) in [4.78, 5) is 2.03. The Morgan fingerprint density at radius 2 is 2.24 bits per heavy atom. The summed E-state index contributed by atoms with van der Waals surface area (Å²) in [5, 5.41) is 8.18. The van der Waals surface area contributed by atoms with Crippen LogP contribution in [0.1, 0.15) is 12.0 Å². The van der Waals surface area contributed by atoms with Crippen LogP contribution in [0.4, 0.5) is 5.69 Å². The van der Waals surface area contributed by atoms with Gasteiger partial charge in [-0.2, -0.15) is 0 Å². The van der Waals surface area contributed by atoms with E-state index in [1.165, 1.54) is 0 Å². The summed E-state index contributed by atoms with van der Waals surface area (Å²) in [5.74, 6) is 0.0512. The van der Waals surface area contributed by atoms with Gasteiger partial charge >= 0.3 is 0 Å². The van der Waals surface area contributed by atoms with E-state index < -0.39 is 0 Å². The van der Waals surface area contributed by atoms with E-state index in [4.69, 9.17) is 27.5 Å². The van der Waals surface area contributed by atoms with Crippen molar-refractivity contribution in [1.29, 1.82) is 5.41 Å². The Morgan fingerprint density at radius 1 is 1.53 bits per heavy atom. The van der Waals surface area contributed by atoms with Crippen LogP contribution >= 0.6 is 11.6 Å². The number of nitrogens with two attached hydrogens (primary N) is 1. The number of amidine groups is 1. The Labute approximate surface area is 107 Å². The summed E-state index contributed by atoms with van der Waals surface area (Å²) in [5.41, 5.74) is 7.13. The van der Waals surface area contributed by atoms with Crippen molar-refractivity contribution in [2.45, 2.75) is 6.42 Å². The molecule has 0 saturated carbocycles. The van der Waals surface area contributed by atoms with Gasteiger partial charge in [-0.25, -0.2) is 0 Å². The van der Waals surface area contributed by atoms with Crippen LogP contribution in [-0.4, -0.2) is 33.1 Å². The van der Waals surface area contributed by atoms with Crippen molar-refractivity contribution in [2.75, 3.05) is 32.2 Å². The number of rotatable bonds is 6. The van der Waals surface area contributed by atoms with Crippen molar-refractivity contribution in [3.8, 4) is 0 Å². The first kappa shape index (κ1) is 13.8. The lowest BCUT2D eigenvalue weighted by Crippen LogP contribution is -2.24. The molecule has 94 valence electrons. The minimum absolute atomic E-state index is 0.0512. The Morgan fingerprint density at radius 3 is 2.82 bits per heavy atom. The van der Waals surface area contributed by atoms with E-state index in [9.17, 15) is 0 Å². The SMILES string of the molecule is COCCCN(C)c1cc(Cl)ccc1C(=N)N. The number of methoxy groups -OCH3 is 1. The number of ether oxygens (including phenoxy) is 1. The van der Waals surface area contributed by atoms with Crippen LogP contribution in [0.15, 0.2) is 18.2 Å². The molecule has 4 nitrogen and oxygen atoms in total. The number of hydrogen-bond donors (Lipinski definition) is 2. The predicted octanol–water partition coefficient (Wildman–Crippen LogP) is 2.10. The summed E-state index contributed by atoms with van der Waals surface area (Å²) < 4.78 is 5.01. The zero-order valence-electron chi connectivity index (χ0n) is 10.2. The van der Waals surface area contributed by atoms with Crippen LogP contribution in [0, 0.1) is 5.41 Å².